The second kappa shape index (κ2) is 2.97. The van der Waals surface area contributed by atoms with E-state index in [1.807, 2.05) is 0 Å². The number of rotatable bonds is 2. The van der Waals surface area contributed by atoms with Crippen LogP contribution in [0.3, 0.4) is 0 Å². The van der Waals surface area contributed by atoms with Crippen molar-refractivity contribution in [1.82, 2.24) is 10.2 Å². The second-order valence-corrected chi connectivity index (χ2v) is 3.54. The van der Waals surface area contributed by atoms with Gasteiger partial charge in [0.05, 0.1) is 6.42 Å². The molecule has 3 amide bonds. The van der Waals surface area contributed by atoms with Gasteiger partial charge in [0.25, 0.3) is 0 Å². The molecule has 0 aromatic heterocycles. The highest BCUT2D eigenvalue weighted by molar-refractivity contribution is 6.01. The minimum Gasteiger partial charge on any atom is -0.480 e. The Balaban J connectivity index is 2.09. The van der Waals surface area contributed by atoms with E-state index in [0.29, 0.717) is 0 Å². The average molecular weight is 198 g/mol. The predicted octanol–water partition coefficient (Wildman–Crippen LogP) is -0.456. The Bertz CT molecular complexity index is 292. The van der Waals surface area contributed by atoms with Gasteiger partial charge in [-0.3, -0.25) is 9.69 Å². The quantitative estimate of drug-likeness (QED) is 0.628. The number of carboxylic acid groups (broad SMARTS) is 1. The Kier molecular flexibility index (Phi) is 1.90. The summed E-state index contributed by atoms with van der Waals surface area (Å²) in [5.41, 5.74) is 0. The molecule has 1 saturated heterocycles. The Morgan fingerprint density at radius 2 is 2.07 bits per heavy atom. The summed E-state index contributed by atoms with van der Waals surface area (Å²) in [5.74, 6) is -1.55. The molecule has 14 heavy (non-hydrogen) atoms. The van der Waals surface area contributed by atoms with Crippen molar-refractivity contribution < 1.29 is 19.5 Å². The van der Waals surface area contributed by atoms with Crippen molar-refractivity contribution >= 4 is 17.9 Å². The van der Waals surface area contributed by atoms with Crippen LogP contribution in [-0.4, -0.2) is 40.0 Å². The molecule has 1 aliphatic carbocycles. The van der Waals surface area contributed by atoms with Gasteiger partial charge in [-0.1, -0.05) is 0 Å². The minimum atomic E-state index is -1.16. The molecule has 0 unspecified atom stereocenters. The van der Waals surface area contributed by atoms with Crippen LogP contribution in [-0.2, 0) is 9.59 Å². The fraction of sp³-hybridized carbons (Fsp3) is 0.625. The summed E-state index contributed by atoms with van der Waals surface area (Å²) in [6.45, 7) is 0. The van der Waals surface area contributed by atoms with E-state index in [9.17, 15) is 14.4 Å². The molecule has 2 fully saturated rings. The van der Waals surface area contributed by atoms with Crippen molar-refractivity contribution in [3.8, 4) is 0 Å². The molecule has 0 aromatic carbocycles. The van der Waals surface area contributed by atoms with Gasteiger partial charge in [0, 0.05) is 6.04 Å². The normalized spacial score (nSPS) is 27.4. The van der Waals surface area contributed by atoms with Crippen molar-refractivity contribution in [2.75, 3.05) is 0 Å². The third-order valence-corrected chi connectivity index (χ3v) is 2.37. The number of hydrogen-bond donors (Lipinski definition) is 2. The average Bonchev–Trinajstić information content (AvgIpc) is 2.86. The number of aliphatic carboxylic acids is 1. The molecule has 2 rings (SSSR count). The van der Waals surface area contributed by atoms with Crippen LogP contribution >= 0.6 is 0 Å². The van der Waals surface area contributed by atoms with Gasteiger partial charge in [-0.2, -0.15) is 0 Å². The highest BCUT2D eigenvalue weighted by Crippen LogP contribution is 2.29. The first-order valence-corrected chi connectivity index (χ1v) is 4.45. The first-order valence-electron chi connectivity index (χ1n) is 4.45. The zero-order chi connectivity index (χ0) is 10.3. The van der Waals surface area contributed by atoms with E-state index in [1.165, 1.54) is 0 Å². The highest BCUT2D eigenvalue weighted by Gasteiger charge is 2.43. The molecule has 1 aliphatic heterocycles. The third-order valence-electron chi connectivity index (χ3n) is 2.37. The number of amides is 3. The lowest BCUT2D eigenvalue weighted by atomic mass is 10.1. The molecule has 1 heterocycles. The van der Waals surface area contributed by atoms with Gasteiger partial charge in [-0.15, -0.1) is 0 Å². The molecule has 0 spiro atoms. The molecular weight excluding hydrogens is 188 g/mol. The Morgan fingerprint density at radius 3 is 2.50 bits per heavy atom. The summed E-state index contributed by atoms with van der Waals surface area (Å²) < 4.78 is 0. The third kappa shape index (κ3) is 1.43. The van der Waals surface area contributed by atoms with E-state index in [0.717, 1.165) is 17.7 Å². The highest BCUT2D eigenvalue weighted by atomic mass is 16.4. The molecule has 1 atom stereocenters. The molecule has 0 bridgehead atoms. The zero-order valence-electron chi connectivity index (χ0n) is 7.40. The lowest BCUT2D eigenvalue weighted by Gasteiger charge is -2.29. The summed E-state index contributed by atoms with van der Waals surface area (Å²) in [5, 5.41) is 10.9. The number of hydrogen-bond acceptors (Lipinski definition) is 3. The number of carbonyl (C=O) groups excluding carboxylic acids is 2. The Morgan fingerprint density at radius 1 is 1.43 bits per heavy atom. The van der Waals surface area contributed by atoms with Crippen LogP contribution in [0.1, 0.15) is 19.3 Å². The lowest BCUT2D eigenvalue weighted by Crippen LogP contribution is -2.57. The van der Waals surface area contributed by atoms with Crippen molar-refractivity contribution in [3.05, 3.63) is 0 Å². The van der Waals surface area contributed by atoms with Gasteiger partial charge in [-0.25, -0.2) is 9.59 Å². The molecular formula is C8H10N2O4. The SMILES string of the molecule is O=C(O)[C@@H]1CC(=O)N(C2CC2)C(=O)N1. The number of nitrogens with one attached hydrogen (secondary N) is 1. The van der Waals surface area contributed by atoms with Crippen LogP contribution in [0.5, 0.6) is 0 Å². The van der Waals surface area contributed by atoms with Crippen molar-refractivity contribution in [2.45, 2.75) is 31.3 Å². The summed E-state index contributed by atoms with van der Waals surface area (Å²) in [6, 6.07) is -1.64. The fourth-order valence-electron chi connectivity index (χ4n) is 1.51. The van der Waals surface area contributed by atoms with Crippen LogP contribution in [0.25, 0.3) is 0 Å². The van der Waals surface area contributed by atoms with Crippen LogP contribution in [0, 0.1) is 0 Å². The van der Waals surface area contributed by atoms with E-state index in [4.69, 9.17) is 5.11 Å². The molecule has 6 nitrogen and oxygen atoms in total. The lowest BCUT2D eigenvalue weighted by molar-refractivity contribution is -0.144. The molecule has 0 radical (unpaired) electrons. The smallest absolute Gasteiger partial charge is 0.326 e. The Labute approximate surface area is 79.9 Å². The minimum absolute atomic E-state index is 0.00255. The fourth-order valence-corrected chi connectivity index (χ4v) is 1.51. The summed E-state index contributed by atoms with van der Waals surface area (Å²) in [7, 11) is 0. The summed E-state index contributed by atoms with van der Waals surface area (Å²) in [6.07, 6.45) is 1.52. The number of nitrogens with zero attached hydrogens (tertiary/aromatic N) is 1. The van der Waals surface area contributed by atoms with Gasteiger partial charge in [-0.05, 0) is 12.8 Å². The van der Waals surface area contributed by atoms with Crippen LogP contribution < -0.4 is 5.32 Å². The zero-order valence-corrected chi connectivity index (χ0v) is 7.40. The van der Waals surface area contributed by atoms with Crippen molar-refractivity contribution in [3.63, 3.8) is 0 Å². The van der Waals surface area contributed by atoms with Gasteiger partial charge < -0.3 is 10.4 Å². The van der Waals surface area contributed by atoms with Gasteiger partial charge in [0.2, 0.25) is 5.91 Å². The first-order chi connectivity index (χ1) is 6.59. The molecule has 0 aromatic rings. The van der Waals surface area contributed by atoms with Gasteiger partial charge >= 0.3 is 12.0 Å². The van der Waals surface area contributed by atoms with E-state index >= 15 is 0 Å². The summed E-state index contributed by atoms with van der Waals surface area (Å²) >= 11 is 0. The maximum Gasteiger partial charge on any atom is 0.326 e. The van der Waals surface area contributed by atoms with E-state index < -0.39 is 18.0 Å². The first kappa shape index (κ1) is 8.98. The van der Waals surface area contributed by atoms with Crippen LogP contribution in [0.4, 0.5) is 4.79 Å². The maximum atomic E-state index is 11.4. The van der Waals surface area contributed by atoms with Crippen molar-refractivity contribution in [1.29, 1.82) is 0 Å². The molecule has 6 heteroatoms. The molecule has 2 N–H and O–H groups in total. The van der Waals surface area contributed by atoms with E-state index in [2.05, 4.69) is 5.32 Å². The number of carbonyl (C=O) groups is 3. The Hall–Kier alpha value is -1.59. The van der Waals surface area contributed by atoms with E-state index in [1.54, 1.807) is 0 Å². The monoisotopic (exact) mass is 198 g/mol. The predicted molar refractivity (Wildman–Crippen MR) is 44.4 cm³/mol. The van der Waals surface area contributed by atoms with Gasteiger partial charge in [0.15, 0.2) is 0 Å². The van der Waals surface area contributed by atoms with E-state index in [-0.39, 0.29) is 18.4 Å². The van der Waals surface area contributed by atoms with Crippen LogP contribution in [0.15, 0.2) is 0 Å². The van der Waals surface area contributed by atoms with Crippen molar-refractivity contribution in [2.24, 2.45) is 0 Å². The molecule has 1 saturated carbocycles. The number of urea groups is 1. The topological polar surface area (TPSA) is 86.7 Å². The van der Waals surface area contributed by atoms with Gasteiger partial charge in [0.1, 0.15) is 6.04 Å². The second-order valence-electron chi connectivity index (χ2n) is 3.54. The molecule has 2 aliphatic rings. The van der Waals surface area contributed by atoms with Crippen LogP contribution in [0.2, 0.25) is 0 Å². The summed E-state index contributed by atoms with van der Waals surface area (Å²) in [4.78, 5) is 34.4. The standard InChI is InChI=1S/C8H10N2O4/c11-6-3-5(7(12)13)9-8(14)10(6)4-1-2-4/h4-5H,1-3H2,(H,9,14)(H,12,13)/t5-/m0/s1. The molecule has 76 valence electrons. The number of carboxylic acids is 1. The number of imide groups is 1. The largest absolute Gasteiger partial charge is 0.480 e. The maximum absolute atomic E-state index is 11.4.